The van der Waals surface area contributed by atoms with Crippen LogP contribution in [0.2, 0.25) is 0 Å². The van der Waals surface area contributed by atoms with Crippen molar-refractivity contribution in [3.8, 4) is 11.4 Å². The molecule has 3 aromatic rings. The summed E-state index contributed by atoms with van der Waals surface area (Å²) in [6.07, 6.45) is -1.17. The number of aromatic nitrogens is 3. The van der Waals surface area contributed by atoms with Gasteiger partial charge in [0, 0.05) is 30.9 Å². The predicted molar refractivity (Wildman–Crippen MR) is 95.5 cm³/mol. The van der Waals surface area contributed by atoms with Gasteiger partial charge in [-0.05, 0) is 47.9 Å². The molecule has 9 heteroatoms. The summed E-state index contributed by atoms with van der Waals surface area (Å²) in [7, 11) is 0. The van der Waals surface area contributed by atoms with Gasteiger partial charge in [0.05, 0.1) is 17.0 Å². The number of hydrogen-bond donors (Lipinski definition) is 1. The Bertz CT molecular complexity index is 1100. The second kappa shape index (κ2) is 7.23. The number of alkyl halides is 3. The third kappa shape index (κ3) is 3.94. The van der Waals surface area contributed by atoms with Crippen LogP contribution in [0.15, 0.2) is 42.7 Å². The van der Waals surface area contributed by atoms with Gasteiger partial charge in [-0.25, -0.2) is 14.4 Å². The first-order chi connectivity index (χ1) is 13.8. The summed E-state index contributed by atoms with van der Waals surface area (Å²) in [6, 6.07) is 5.60. The van der Waals surface area contributed by atoms with Crippen molar-refractivity contribution in [1.29, 1.82) is 0 Å². The Morgan fingerprint density at radius 2 is 1.86 bits per heavy atom. The van der Waals surface area contributed by atoms with Gasteiger partial charge in [0.15, 0.2) is 0 Å². The van der Waals surface area contributed by atoms with E-state index in [1.54, 1.807) is 12.1 Å². The molecule has 0 bridgehead atoms. The number of rotatable bonds is 3. The highest BCUT2D eigenvalue weighted by atomic mass is 19.4. The number of amides is 1. The predicted octanol–water partition coefficient (Wildman–Crippen LogP) is 3.57. The minimum atomic E-state index is -4.65. The van der Waals surface area contributed by atoms with Crippen molar-refractivity contribution in [2.24, 2.45) is 0 Å². The van der Waals surface area contributed by atoms with Gasteiger partial charge in [0.25, 0.3) is 5.91 Å². The number of halogens is 4. The average molecular weight is 402 g/mol. The van der Waals surface area contributed by atoms with Gasteiger partial charge >= 0.3 is 6.18 Å². The Morgan fingerprint density at radius 1 is 1.07 bits per heavy atom. The van der Waals surface area contributed by atoms with Crippen molar-refractivity contribution in [2.75, 3.05) is 6.54 Å². The van der Waals surface area contributed by atoms with Crippen LogP contribution < -0.4 is 5.32 Å². The van der Waals surface area contributed by atoms with Gasteiger partial charge in [0.1, 0.15) is 11.6 Å². The number of hydrogen-bond acceptors (Lipinski definition) is 4. The van der Waals surface area contributed by atoms with Crippen LogP contribution in [0.3, 0.4) is 0 Å². The molecule has 0 radical (unpaired) electrons. The van der Waals surface area contributed by atoms with E-state index in [0.29, 0.717) is 36.0 Å². The molecule has 0 spiro atoms. The van der Waals surface area contributed by atoms with Crippen molar-refractivity contribution >= 4 is 5.91 Å². The van der Waals surface area contributed by atoms with Crippen LogP contribution >= 0.6 is 0 Å². The van der Waals surface area contributed by atoms with Crippen molar-refractivity contribution in [3.05, 3.63) is 76.6 Å². The molecule has 1 amide bonds. The lowest BCUT2D eigenvalue weighted by Gasteiger charge is -2.18. The molecule has 2 aromatic heterocycles. The zero-order valence-electron chi connectivity index (χ0n) is 14.9. The molecule has 1 aromatic carbocycles. The fraction of sp³-hybridized carbons (Fsp3) is 0.200. The van der Waals surface area contributed by atoms with Crippen LogP contribution in [0.4, 0.5) is 17.6 Å². The van der Waals surface area contributed by atoms with Crippen LogP contribution in [0.25, 0.3) is 11.4 Å². The van der Waals surface area contributed by atoms with Gasteiger partial charge < -0.3 is 5.32 Å². The Morgan fingerprint density at radius 3 is 2.66 bits per heavy atom. The SMILES string of the molecule is O=C1NCCc2c1ccnc2-c1ccnc(Cc2cc(F)cc(C(F)(F)F)c2)n1. The van der Waals surface area contributed by atoms with Crippen LogP contribution in [0.1, 0.15) is 32.9 Å². The fourth-order valence-electron chi connectivity index (χ4n) is 3.29. The van der Waals surface area contributed by atoms with E-state index >= 15 is 0 Å². The Hall–Kier alpha value is -3.36. The van der Waals surface area contributed by atoms with E-state index < -0.39 is 17.6 Å². The molecule has 0 saturated carbocycles. The molecule has 4 rings (SSSR count). The van der Waals surface area contributed by atoms with E-state index in [0.717, 1.165) is 17.7 Å². The van der Waals surface area contributed by atoms with Gasteiger partial charge in [0.2, 0.25) is 0 Å². The number of carbonyl (C=O) groups is 1. The molecule has 0 unspecified atom stereocenters. The summed E-state index contributed by atoms with van der Waals surface area (Å²) in [5, 5.41) is 2.76. The first kappa shape index (κ1) is 19.0. The number of nitrogens with zero attached hydrogens (tertiary/aromatic N) is 3. The van der Waals surface area contributed by atoms with Crippen molar-refractivity contribution in [2.45, 2.75) is 19.0 Å². The average Bonchev–Trinajstić information content (AvgIpc) is 2.67. The normalized spacial score (nSPS) is 13.7. The standard InChI is InChI=1S/C20H14F4N4O/c21-13-8-11(7-12(10-13)20(22,23)24)9-17-25-6-3-16(28-17)18-14-1-5-27-19(29)15(14)2-4-26-18/h2-4,6-8,10H,1,5,9H2,(H,27,29). The van der Waals surface area contributed by atoms with Gasteiger partial charge in [-0.2, -0.15) is 13.2 Å². The smallest absolute Gasteiger partial charge is 0.352 e. The topological polar surface area (TPSA) is 67.8 Å². The Labute approximate surface area is 162 Å². The van der Waals surface area contributed by atoms with E-state index in [-0.39, 0.29) is 23.7 Å². The highest BCUT2D eigenvalue weighted by molar-refractivity contribution is 5.98. The second-order valence-electron chi connectivity index (χ2n) is 6.57. The first-order valence-corrected chi connectivity index (χ1v) is 8.76. The molecule has 5 nitrogen and oxygen atoms in total. The third-order valence-corrected chi connectivity index (χ3v) is 4.56. The van der Waals surface area contributed by atoms with Crippen molar-refractivity contribution in [3.63, 3.8) is 0 Å². The Kier molecular flexibility index (Phi) is 4.73. The molecule has 3 heterocycles. The van der Waals surface area contributed by atoms with Crippen molar-refractivity contribution < 1.29 is 22.4 Å². The number of fused-ring (bicyclic) bond motifs is 1. The highest BCUT2D eigenvalue weighted by Gasteiger charge is 2.31. The van der Waals surface area contributed by atoms with Gasteiger partial charge in [-0.1, -0.05) is 0 Å². The number of benzene rings is 1. The largest absolute Gasteiger partial charge is 0.416 e. The van der Waals surface area contributed by atoms with E-state index in [1.165, 1.54) is 12.4 Å². The van der Waals surface area contributed by atoms with E-state index in [9.17, 15) is 22.4 Å². The second-order valence-corrected chi connectivity index (χ2v) is 6.57. The molecule has 0 fully saturated rings. The molecule has 0 atom stereocenters. The highest BCUT2D eigenvalue weighted by Crippen LogP contribution is 2.31. The zero-order valence-corrected chi connectivity index (χ0v) is 14.9. The van der Waals surface area contributed by atoms with Gasteiger partial charge in [-0.3, -0.25) is 9.78 Å². The first-order valence-electron chi connectivity index (χ1n) is 8.76. The number of pyridine rings is 1. The van der Waals surface area contributed by atoms with Crippen LogP contribution in [-0.2, 0) is 19.0 Å². The maximum absolute atomic E-state index is 13.6. The fourth-order valence-corrected chi connectivity index (χ4v) is 3.29. The quantitative estimate of drug-likeness (QED) is 0.680. The molecule has 0 aliphatic carbocycles. The molecule has 1 N–H and O–H groups in total. The molecule has 1 aliphatic rings. The van der Waals surface area contributed by atoms with E-state index in [4.69, 9.17) is 0 Å². The monoisotopic (exact) mass is 402 g/mol. The lowest BCUT2D eigenvalue weighted by molar-refractivity contribution is -0.137. The summed E-state index contributed by atoms with van der Waals surface area (Å²) in [4.78, 5) is 24.8. The minimum absolute atomic E-state index is 0.0792. The van der Waals surface area contributed by atoms with Crippen LogP contribution in [-0.4, -0.2) is 27.4 Å². The molecule has 29 heavy (non-hydrogen) atoms. The Balaban J connectivity index is 1.69. The number of nitrogens with one attached hydrogen (secondary N) is 1. The molecule has 148 valence electrons. The molecular formula is C20H14F4N4O. The lowest BCUT2D eigenvalue weighted by atomic mass is 9.97. The van der Waals surface area contributed by atoms with Gasteiger partial charge in [-0.15, -0.1) is 0 Å². The summed E-state index contributed by atoms with van der Waals surface area (Å²) >= 11 is 0. The summed E-state index contributed by atoms with van der Waals surface area (Å²) in [6.45, 7) is 0.478. The molecular weight excluding hydrogens is 388 g/mol. The van der Waals surface area contributed by atoms with Crippen LogP contribution in [0, 0.1) is 5.82 Å². The lowest BCUT2D eigenvalue weighted by Crippen LogP contribution is -2.32. The summed E-state index contributed by atoms with van der Waals surface area (Å²) in [5.74, 6) is -0.944. The number of carbonyl (C=O) groups excluding carboxylic acids is 1. The van der Waals surface area contributed by atoms with E-state index in [1.807, 2.05) is 0 Å². The maximum atomic E-state index is 13.6. The summed E-state index contributed by atoms with van der Waals surface area (Å²) < 4.78 is 52.4. The maximum Gasteiger partial charge on any atom is 0.416 e. The van der Waals surface area contributed by atoms with E-state index in [2.05, 4.69) is 20.3 Å². The zero-order chi connectivity index (χ0) is 20.6. The minimum Gasteiger partial charge on any atom is -0.352 e. The van der Waals surface area contributed by atoms with Crippen LogP contribution in [0.5, 0.6) is 0 Å². The molecule has 1 aliphatic heterocycles. The molecule has 0 saturated heterocycles. The third-order valence-electron chi connectivity index (χ3n) is 4.56. The summed E-state index contributed by atoms with van der Waals surface area (Å²) in [5.41, 5.74) is 1.29. The van der Waals surface area contributed by atoms with Crippen molar-refractivity contribution in [1.82, 2.24) is 20.3 Å².